The largest absolute Gasteiger partial charge is 0.497 e. The molecule has 140 valence electrons. The van der Waals surface area contributed by atoms with Crippen LogP contribution in [0, 0.1) is 6.92 Å². The lowest BCUT2D eigenvalue weighted by molar-refractivity contribution is -0.119. The van der Waals surface area contributed by atoms with Crippen molar-refractivity contribution in [3.05, 3.63) is 29.7 Å². The van der Waals surface area contributed by atoms with Crippen LogP contribution in [-0.2, 0) is 11.3 Å². The number of rotatable bonds is 6. The van der Waals surface area contributed by atoms with Gasteiger partial charge >= 0.3 is 0 Å². The molecule has 1 fully saturated rings. The van der Waals surface area contributed by atoms with Gasteiger partial charge in [-0.2, -0.15) is 0 Å². The van der Waals surface area contributed by atoms with E-state index in [4.69, 9.17) is 13.9 Å². The van der Waals surface area contributed by atoms with Gasteiger partial charge < -0.3 is 19.2 Å². The first kappa shape index (κ1) is 18.3. The van der Waals surface area contributed by atoms with Gasteiger partial charge in [-0.05, 0) is 31.5 Å². The van der Waals surface area contributed by atoms with Crippen LogP contribution in [0.1, 0.15) is 24.8 Å². The van der Waals surface area contributed by atoms with Gasteiger partial charge in [-0.1, -0.05) is 0 Å². The van der Waals surface area contributed by atoms with Crippen molar-refractivity contribution in [1.29, 1.82) is 0 Å². The van der Waals surface area contributed by atoms with Gasteiger partial charge in [-0.25, -0.2) is 4.98 Å². The Morgan fingerprint density at radius 1 is 1.38 bits per heavy atom. The molecule has 0 saturated carbocycles. The molecule has 1 aliphatic rings. The monoisotopic (exact) mass is 359 g/mol. The fraction of sp³-hybridized carbons (Fsp3) is 0.474. The summed E-state index contributed by atoms with van der Waals surface area (Å²) in [5, 5.41) is 2.98. The summed E-state index contributed by atoms with van der Waals surface area (Å²) in [6.45, 7) is 5.91. The Labute approximate surface area is 153 Å². The maximum atomic E-state index is 11.2. The van der Waals surface area contributed by atoms with E-state index < -0.39 is 0 Å². The normalized spacial score (nSPS) is 17.3. The zero-order chi connectivity index (χ0) is 18.7. The first-order valence-corrected chi connectivity index (χ1v) is 8.68. The number of benzene rings is 1. The molecule has 1 N–H and O–H groups in total. The van der Waals surface area contributed by atoms with Crippen LogP contribution in [0.25, 0.3) is 11.5 Å². The number of carbonyl (C=O) groups is 1. The first-order valence-electron chi connectivity index (χ1n) is 8.68. The van der Waals surface area contributed by atoms with Crippen LogP contribution < -0.4 is 14.8 Å². The zero-order valence-electron chi connectivity index (χ0n) is 15.7. The Balaban J connectivity index is 1.77. The predicted octanol–water partition coefficient (Wildman–Crippen LogP) is 2.38. The number of ether oxygens (including phenoxy) is 2. The molecule has 26 heavy (non-hydrogen) atoms. The second-order valence-electron chi connectivity index (χ2n) is 6.51. The van der Waals surface area contributed by atoms with E-state index in [-0.39, 0.29) is 11.9 Å². The maximum absolute atomic E-state index is 11.2. The van der Waals surface area contributed by atoms with E-state index in [0.29, 0.717) is 18.2 Å². The van der Waals surface area contributed by atoms with Crippen molar-refractivity contribution in [3.63, 3.8) is 0 Å². The molecule has 0 aliphatic carbocycles. The van der Waals surface area contributed by atoms with Gasteiger partial charge in [0.2, 0.25) is 11.8 Å². The molecule has 3 rings (SSSR count). The minimum absolute atomic E-state index is 0.0156. The SMILES string of the molecule is COc1ccc(OC)c(-c2nc(CN3CCC(NC(C)=O)C3)c(C)o2)c1. The van der Waals surface area contributed by atoms with Crippen LogP contribution in [0.5, 0.6) is 11.5 Å². The van der Waals surface area contributed by atoms with Gasteiger partial charge in [0, 0.05) is 32.6 Å². The lowest BCUT2D eigenvalue weighted by Gasteiger charge is -2.15. The summed E-state index contributed by atoms with van der Waals surface area (Å²) in [6, 6.07) is 5.74. The van der Waals surface area contributed by atoms with Crippen molar-refractivity contribution < 1.29 is 18.7 Å². The Morgan fingerprint density at radius 3 is 2.88 bits per heavy atom. The summed E-state index contributed by atoms with van der Waals surface area (Å²) in [5.74, 6) is 2.72. The number of aromatic nitrogens is 1. The molecule has 2 heterocycles. The predicted molar refractivity (Wildman–Crippen MR) is 97.3 cm³/mol. The molecule has 1 saturated heterocycles. The Bertz CT molecular complexity index is 787. The fourth-order valence-electron chi connectivity index (χ4n) is 3.26. The number of aryl methyl sites for hydroxylation is 1. The number of hydrogen-bond donors (Lipinski definition) is 1. The lowest BCUT2D eigenvalue weighted by Crippen LogP contribution is -2.35. The molecule has 0 radical (unpaired) electrons. The summed E-state index contributed by atoms with van der Waals surface area (Å²) in [7, 11) is 3.24. The van der Waals surface area contributed by atoms with E-state index in [1.165, 1.54) is 0 Å². The topological polar surface area (TPSA) is 76.8 Å². The second kappa shape index (κ2) is 7.78. The molecule has 1 amide bonds. The quantitative estimate of drug-likeness (QED) is 0.853. The average Bonchev–Trinajstić information content (AvgIpc) is 3.20. The summed E-state index contributed by atoms with van der Waals surface area (Å²) in [6.07, 6.45) is 0.951. The number of hydrogen-bond acceptors (Lipinski definition) is 6. The van der Waals surface area contributed by atoms with Crippen LogP contribution in [0.4, 0.5) is 0 Å². The van der Waals surface area contributed by atoms with E-state index in [1.807, 2.05) is 25.1 Å². The van der Waals surface area contributed by atoms with Crippen LogP contribution in [-0.4, -0.2) is 49.1 Å². The van der Waals surface area contributed by atoms with E-state index in [1.54, 1.807) is 21.1 Å². The highest BCUT2D eigenvalue weighted by atomic mass is 16.5. The molecule has 1 aliphatic heterocycles. The van der Waals surface area contributed by atoms with Crippen molar-refractivity contribution >= 4 is 5.91 Å². The molecule has 1 aromatic carbocycles. The number of oxazole rings is 1. The van der Waals surface area contributed by atoms with Crippen molar-refractivity contribution in [2.24, 2.45) is 0 Å². The third-order valence-corrected chi connectivity index (χ3v) is 4.58. The van der Waals surface area contributed by atoms with Gasteiger partial charge in [0.1, 0.15) is 17.3 Å². The zero-order valence-corrected chi connectivity index (χ0v) is 15.7. The summed E-state index contributed by atoms with van der Waals surface area (Å²) < 4.78 is 16.6. The van der Waals surface area contributed by atoms with Gasteiger partial charge in [0.15, 0.2) is 0 Å². The number of amides is 1. The smallest absolute Gasteiger partial charge is 0.230 e. The van der Waals surface area contributed by atoms with Crippen LogP contribution in [0.3, 0.4) is 0 Å². The van der Waals surface area contributed by atoms with Crippen molar-refractivity contribution in [2.45, 2.75) is 32.9 Å². The fourth-order valence-corrected chi connectivity index (χ4v) is 3.26. The third kappa shape index (κ3) is 3.99. The van der Waals surface area contributed by atoms with E-state index in [9.17, 15) is 4.79 Å². The number of carbonyl (C=O) groups excluding carboxylic acids is 1. The highest BCUT2D eigenvalue weighted by Gasteiger charge is 2.25. The highest BCUT2D eigenvalue weighted by Crippen LogP contribution is 2.34. The molecule has 0 spiro atoms. The Hall–Kier alpha value is -2.54. The Kier molecular flexibility index (Phi) is 5.46. The molecular formula is C19H25N3O4. The van der Waals surface area contributed by atoms with Crippen LogP contribution in [0.2, 0.25) is 0 Å². The van der Waals surface area contributed by atoms with Gasteiger partial charge in [-0.15, -0.1) is 0 Å². The number of likely N-dealkylation sites (tertiary alicyclic amines) is 1. The second-order valence-corrected chi connectivity index (χ2v) is 6.51. The molecule has 0 bridgehead atoms. The lowest BCUT2D eigenvalue weighted by atomic mass is 10.2. The van der Waals surface area contributed by atoms with Gasteiger partial charge in [0.05, 0.1) is 25.5 Å². The maximum Gasteiger partial charge on any atom is 0.230 e. The standard InChI is InChI=1S/C19H25N3O4/c1-12-17(11-22-8-7-14(10-22)20-13(2)23)21-19(26-12)16-9-15(24-3)5-6-18(16)25-4/h5-6,9,14H,7-8,10-11H2,1-4H3,(H,20,23). The van der Waals surface area contributed by atoms with Gasteiger partial charge in [0.25, 0.3) is 0 Å². The first-order chi connectivity index (χ1) is 12.5. The number of methoxy groups -OCH3 is 2. The molecule has 7 nitrogen and oxygen atoms in total. The molecular weight excluding hydrogens is 334 g/mol. The van der Waals surface area contributed by atoms with Crippen molar-refractivity contribution in [2.75, 3.05) is 27.3 Å². The summed E-state index contributed by atoms with van der Waals surface area (Å²) in [5.41, 5.74) is 1.66. The van der Waals surface area contributed by atoms with E-state index in [2.05, 4.69) is 15.2 Å². The number of nitrogens with zero attached hydrogens (tertiary/aromatic N) is 2. The average molecular weight is 359 g/mol. The van der Waals surface area contributed by atoms with Crippen LogP contribution in [0.15, 0.2) is 22.6 Å². The van der Waals surface area contributed by atoms with E-state index >= 15 is 0 Å². The highest BCUT2D eigenvalue weighted by molar-refractivity contribution is 5.73. The molecule has 1 atom stereocenters. The van der Waals surface area contributed by atoms with E-state index in [0.717, 1.165) is 42.3 Å². The van der Waals surface area contributed by atoms with Crippen molar-refractivity contribution in [3.8, 4) is 23.0 Å². The number of nitrogens with one attached hydrogen (secondary N) is 1. The molecule has 7 heteroatoms. The summed E-state index contributed by atoms with van der Waals surface area (Å²) in [4.78, 5) is 18.2. The molecule has 2 aromatic rings. The minimum Gasteiger partial charge on any atom is -0.497 e. The minimum atomic E-state index is 0.0156. The van der Waals surface area contributed by atoms with Crippen LogP contribution >= 0.6 is 0 Å². The molecule has 1 aromatic heterocycles. The Morgan fingerprint density at radius 2 is 2.19 bits per heavy atom. The summed E-state index contributed by atoms with van der Waals surface area (Å²) >= 11 is 0. The third-order valence-electron chi connectivity index (χ3n) is 4.58. The van der Waals surface area contributed by atoms with Gasteiger partial charge in [-0.3, -0.25) is 9.69 Å². The molecule has 1 unspecified atom stereocenters. The van der Waals surface area contributed by atoms with Crippen molar-refractivity contribution in [1.82, 2.24) is 15.2 Å².